The van der Waals surface area contributed by atoms with Crippen LogP contribution in [0, 0.1) is 35.5 Å². The SMILES string of the molecule is O=C(CN1C(=O)[C@@H]2[C@H]3C=C[C@@H]([C@@H]4C[C@H]34)[C@@H]2C1=O)OCC(=O)c1ccc(Cl)cc1. The highest BCUT2D eigenvalue weighted by Gasteiger charge is 2.67. The third-order valence-corrected chi connectivity index (χ3v) is 6.82. The lowest BCUT2D eigenvalue weighted by Gasteiger charge is -2.37. The van der Waals surface area contributed by atoms with E-state index in [2.05, 4.69) is 12.2 Å². The number of nitrogens with zero attached hydrogens (tertiary/aromatic N) is 1. The zero-order chi connectivity index (χ0) is 19.6. The molecular weight excluding hydrogens is 382 g/mol. The van der Waals surface area contributed by atoms with E-state index in [4.69, 9.17) is 16.3 Å². The van der Waals surface area contributed by atoms with Gasteiger partial charge in [-0.1, -0.05) is 23.8 Å². The number of carbonyl (C=O) groups excluding carboxylic acids is 4. The Balaban J connectivity index is 1.21. The summed E-state index contributed by atoms with van der Waals surface area (Å²) in [4.78, 5) is 50.9. The van der Waals surface area contributed by atoms with Gasteiger partial charge in [-0.15, -0.1) is 0 Å². The Morgan fingerprint density at radius 3 is 2.14 bits per heavy atom. The van der Waals surface area contributed by atoms with Gasteiger partial charge in [0.05, 0.1) is 11.8 Å². The lowest BCUT2D eigenvalue weighted by molar-refractivity contribution is -0.152. The van der Waals surface area contributed by atoms with Gasteiger partial charge in [-0.25, -0.2) is 0 Å². The molecule has 6 atom stereocenters. The van der Waals surface area contributed by atoms with E-state index in [-0.39, 0.29) is 41.3 Å². The van der Waals surface area contributed by atoms with Gasteiger partial charge in [0.1, 0.15) is 6.54 Å². The van der Waals surface area contributed by atoms with Crippen molar-refractivity contribution in [3.05, 3.63) is 47.0 Å². The molecule has 1 aromatic rings. The molecule has 28 heavy (non-hydrogen) atoms. The highest BCUT2D eigenvalue weighted by atomic mass is 35.5. The fourth-order valence-corrected chi connectivity index (χ4v) is 5.34. The van der Waals surface area contributed by atoms with Gasteiger partial charge >= 0.3 is 5.97 Å². The van der Waals surface area contributed by atoms with E-state index in [1.165, 1.54) is 0 Å². The average Bonchev–Trinajstić information content (AvgIpc) is 3.48. The molecule has 6 rings (SSSR count). The van der Waals surface area contributed by atoms with Gasteiger partial charge < -0.3 is 4.74 Å². The molecule has 1 saturated heterocycles. The zero-order valence-corrected chi connectivity index (χ0v) is 15.7. The van der Waals surface area contributed by atoms with Crippen molar-refractivity contribution < 1.29 is 23.9 Å². The number of allylic oxidation sites excluding steroid dienone is 2. The Morgan fingerprint density at radius 1 is 1.00 bits per heavy atom. The number of halogens is 1. The molecule has 144 valence electrons. The molecule has 1 heterocycles. The molecule has 6 nitrogen and oxygen atoms in total. The largest absolute Gasteiger partial charge is 0.456 e. The number of Topliss-reactive ketones (excluding diaryl/α,β-unsaturated/α-hetero) is 1. The Bertz CT molecular complexity index is 887. The number of rotatable bonds is 5. The first-order chi connectivity index (χ1) is 13.5. The van der Waals surface area contributed by atoms with E-state index in [1.807, 2.05) is 0 Å². The fraction of sp³-hybridized carbons (Fsp3) is 0.429. The van der Waals surface area contributed by atoms with Gasteiger partial charge in [-0.2, -0.15) is 0 Å². The quantitative estimate of drug-likeness (QED) is 0.328. The maximum Gasteiger partial charge on any atom is 0.326 e. The number of likely N-dealkylation sites (tertiary alicyclic amines) is 1. The van der Waals surface area contributed by atoms with Crippen molar-refractivity contribution in [2.75, 3.05) is 13.2 Å². The first-order valence-electron chi connectivity index (χ1n) is 9.43. The summed E-state index contributed by atoms with van der Waals surface area (Å²) in [6, 6.07) is 6.25. The van der Waals surface area contributed by atoms with Gasteiger partial charge in [0.15, 0.2) is 12.4 Å². The minimum absolute atomic E-state index is 0.115. The molecule has 1 aromatic carbocycles. The summed E-state index contributed by atoms with van der Waals surface area (Å²) in [5.74, 6) is -1.11. The van der Waals surface area contributed by atoms with E-state index < -0.39 is 19.1 Å². The predicted octanol–water partition coefficient (Wildman–Crippen LogP) is 2.12. The molecule has 7 heteroatoms. The summed E-state index contributed by atoms with van der Waals surface area (Å²) in [7, 11) is 0. The number of ether oxygens (including phenoxy) is 1. The van der Waals surface area contributed by atoms with Gasteiger partial charge in [0, 0.05) is 10.6 Å². The average molecular weight is 400 g/mol. The first-order valence-corrected chi connectivity index (χ1v) is 9.81. The third-order valence-electron chi connectivity index (χ3n) is 6.57. The van der Waals surface area contributed by atoms with E-state index in [0.717, 1.165) is 11.3 Å². The van der Waals surface area contributed by atoms with Crippen molar-refractivity contribution in [3.63, 3.8) is 0 Å². The molecule has 1 aliphatic heterocycles. The second-order valence-electron chi connectivity index (χ2n) is 8.01. The van der Waals surface area contributed by atoms with E-state index in [0.29, 0.717) is 22.4 Å². The van der Waals surface area contributed by atoms with Crippen LogP contribution in [-0.2, 0) is 19.1 Å². The first kappa shape index (κ1) is 17.6. The van der Waals surface area contributed by atoms with Crippen molar-refractivity contribution >= 4 is 35.2 Å². The molecule has 3 fully saturated rings. The molecule has 0 spiro atoms. The van der Waals surface area contributed by atoms with Gasteiger partial charge in [-0.05, 0) is 54.4 Å². The van der Waals surface area contributed by atoms with Crippen LogP contribution in [0.15, 0.2) is 36.4 Å². The summed E-state index contributed by atoms with van der Waals surface area (Å²) < 4.78 is 5.02. The molecule has 0 N–H and O–H groups in total. The maximum atomic E-state index is 12.8. The second kappa shape index (κ2) is 6.27. The van der Waals surface area contributed by atoms with Crippen LogP contribution in [0.3, 0.4) is 0 Å². The van der Waals surface area contributed by atoms with Crippen molar-refractivity contribution in [1.82, 2.24) is 4.90 Å². The summed E-state index contributed by atoms with van der Waals surface area (Å²) in [6.45, 7) is -0.881. The fourth-order valence-electron chi connectivity index (χ4n) is 5.21. The Hall–Kier alpha value is -2.47. The Labute approximate surface area is 166 Å². The smallest absolute Gasteiger partial charge is 0.326 e. The van der Waals surface area contributed by atoms with Crippen LogP contribution in [0.5, 0.6) is 0 Å². The highest BCUT2D eigenvalue weighted by Crippen LogP contribution is 2.65. The van der Waals surface area contributed by atoms with Crippen LogP contribution in [0.2, 0.25) is 5.02 Å². The number of carbonyl (C=O) groups is 4. The van der Waals surface area contributed by atoms with Gasteiger partial charge in [0.2, 0.25) is 11.8 Å². The highest BCUT2D eigenvalue weighted by molar-refractivity contribution is 6.30. The van der Waals surface area contributed by atoms with Crippen molar-refractivity contribution in [2.45, 2.75) is 6.42 Å². The number of ketones is 1. The van der Waals surface area contributed by atoms with Crippen LogP contribution >= 0.6 is 11.6 Å². The van der Waals surface area contributed by atoms with Crippen LogP contribution in [0.4, 0.5) is 0 Å². The summed E-state index contributed by atoms with van der Waals surface area (Å²) in [5.41, 5.74) is 0.374. The lowest BCUT2D eigenvalue weighted by atomic mass is 9.63. The summed E-state index contributed by atoms with van der Waals surface area (Å²) >= 11 is 5.78. The van der Waals surface area contributed by atoms with Crippen molar-refractivity contribution in [1.29, 1.82) is 0 Å². The van der Waals surface area contributed by atoms with E-state index >= 15 is 0 Å². The van der Waals surface area contributed by atoms with E-state index in [9.17, 15) is 19.2 Å². The van der Waals surface area contributed by atoms with Crippen molar-refractivity contribution in [3.8, 4) is 0 Å². The molecule has 2 saturated carbocycles. The molecule has 0 radical (unpaired) electrons. The zero-order valence-electron chi connectivity index (χ0n) is 14.9. The molecule has 2 bridgehead atoms. The molecule has 5 aliphatic rings. The topological polar surface area (TPSA) is 80.8 Å². The lowest BCUT2D eigenvalue weighted by Crippen LogP contribution is -2.40. The van der Waals surface area contributed by atoms with Crippen LogP contribution < -0.4 is 0 Å². The summed E-state index contributed by atoms with van der Waals surface area (Å²) in [6.07, 6.45) is 5.25. The van der Waals surface area contributed by atoms with Gasteiger partial charge in [0.25, 0.3) is 0 Å². The number of hydrogen-bond donors (Lipinski definition) is 0. The standard InChI is InChI=1S/C21H18ClNO5/c22-11-3-1-10(2-4-11)16(24)9-28-17(25)8-23-20(26)18-12-5-6-13(15-7-14(12)15)19(18)21(23)27/h1-6,12-15,18-19H,7-9H2/t12-,13-,14-,15+,18-,19+/m0/s1. The third kappa shape index (κ3) is 2.62. The van der Waals surface area contributed by atoms with E-state index in [1.54, 1.807) is 24.3 Å². The maximum absolute atomic E-state index is 12.8. The number of benzene rings is 1. The van der Waals surface area contributed by atoms with Crippen LogP contribution in [-0.4, -0.2) is 41.6 Å². The number of esters is 1. The minimum atomic E-state index is -0.756. The molecule has 0 unspecified atom stereocenters. The van der Waals surface area contributed by atoms with Crippen LogP contribution in [0.1, 0.15) is 16.8 Å². The number of imide groups is 1. The molecule has 2 amide bonds. The summed E-state index contributed by atoms with van der Waals surface area (Å²) in [5, 5.41) is 0.502. The predicted molar refractivity (Wildman–Crippen MR) is 98.2 cm³/mol. The van der Waals surface area contributed by atoms with Crippen LogP contribution in [0.25, 0.3) is 0 Å². The molecule has 0 aromatic heterocycles. The van der Waals surface area contributed by atoms with Crippen molar-refractivity contribution in [2.24, 2.45) is 35.5 Å². The number of amides is 2. The Morgan fingerprint density at radius 2 is 1.57 bits per heavy atom. The number of hydrogen-bond acceptors (Lipinski definition) is 5. The minimum Gasteiger partial charge on any atom is -0.456 e. The molecular formula is C21H18ClNO5. The second-order valence-corrected chi connectivity index (χ2v) is 8.44. The van der Waals surface area contributed by atoms with Gasteiger partial charge in [-0.3, -0.25) is 24.1 Å². The monoisotopic (exact) mass is 399 g/mol. The normalized spacial score (nSPS) is 34.2. The molecule has 4 aliphatic carbocycles. The Kier molecular flexibility index (Phi) is 3.95.